The molecule has 32 heavy (non-hydrogen) atoms. The zero-order chi connectivity index (χ0) is 22.2. The second kappa shape index (κ2) is 8.22. The van der Waals surface area contributed by atoms with Crippen LogP contribution in [0.5, 0.6) is 0 Å². The van der Waals surface area contributed by atoms with Gasteiger partial charge in [0.1, 0.15) is 5.82 Å². The number of carbonyl (C=O) groups is 1. The fourth-order valence-electron chi connectivity index (χ4n) is 3.72. The number of benzene rings is 2. The van der Waals surface area contributed by atoms with E-state index in [-0.39, 0.29) is 11.9 Å². The van der Waals surface area contributed by atoms with Gasteiger partial charge in [-0.3, -0.25) is 4.90 Å². The second-order valence-corrected chi connectivity index (χ2v) is 8.54. The average Bonchev–Trinajstić information content (AvgIpc) is 3.45. The van der Waals surface area contributed by atoms with Crippen molar-refractivity contribution in [3.63, 3.8) is 0 Å². The minimum absolute atomic E-state index is 0.243. The summed E-state index contributed by atoms with van der Waals surface area (Å²) in [6, 6.07) is 15.8. The van der Waals surface area contributed by atoms with Gasteiger partial charge in [-0.05, 0) is 54.3 Å². The van der Waals surface area contributed by atoms with E-state index >= 15 is 0 Å². The summed E-state index contributed by atoms with van der Waals surface area (Å²) >= 11 is 7.65. The first-order valence-corrected chi connectivity index (χ1v) is 11.0. The molecule has 1 aliphatic rings. The van der Waals surface area contributed by atoms with Crippen LogP contribution < -0.4 is 10.2 Å². The number of halogens is 2. The van der Waals surface area contributed by atoms with Crippen LogP contribution in [-0.4, -0.2) is 16.2 Å². The quantitative estimate of drug-likeness (QED) is 0.383. The standard InChI is InChI=1S/C23H16ClFN4O2S/c1-13-19(22-27-21(28-31-22)18-9-4-10-32-18)20(14-5-2-7-16(25)11-14)26-23(30)29(13)17-8-3-6-15(24)12-17/h2-12,20H,1H3,(H,26,30). The summed E-state index contributed by atoms with van der Waals surface area (Å²) in [5.74, 6) is 0.280. The number of anilines is 1. The molecule has 2 aromatic carbocycles. The zero-order valence-corrected chi connectivity index (χ0v) is 18.3. The van der Waals surface area contributed by atoms with Crippen LogP contribution in [0.2, 0.25) is 5.02 Å². The molecule has 1 N–H and O–H groups in total. The molecule has 1 aliphatic heterocycles. The number of amides is 2. The fourth-order valence-corrected chi connectivity index (χ4v) is 4.55. The highest BCUT2D eigenvalue weighted by Gasteiger charge is 2.36. The van der Waals surface area contributed by atoms with Crippen molar-refractivity contribution in [1.82, 2.24) is 15.5 Å². The van der Waals surface area contributed by atoms with Crippen molar-refractivity contribution in [3.8, 4) is 10.7 Å². The number of carbonyl (C=O) groups excluding carboxylic acids is 1. The van der Waals surface area contributed by atoms with Crippen LogP contribution in [0.15, 0.2) is 76.3 Å². The summed E-state index contributed by atoms with van der Waals surface area (Å²) < 4.78 is 19.6. The Balaban J connectivity index is 1.68. The van der Waals surface area contributed by atoms with E-state index in [0.717, 1.165) is 4.88 Å². The Hall–Kier alpha value is -3.49. The Labute approximate surface area is 191 Å². The molecule has 4 aromatic rings. The van der Waals surface area contributed by atoms with Crippen molar-refractivity contribution in [2.45, 2.75) is 13.0 Å². The molecule has 160 valence electrons. The third-order valence-corrected chi connectivity index (χ3v) is 6.23. The molecule has 0 bridgehead atoms. The summed E-state index contributed by atoms with van der Waals surface area (Å²) in [7, 11) is 0. The second-order valence-electron chi connectivity index (χ2n) is 7.15. The number of nitrogens with zero attached hydrogens (tertiary/aromatic N) is 3. The largest absolute Gasteiger partial charge is 0.334 e. The van der Waals surface area contributed by atoms with Gasteiger partial charge in [-0.1, -0.05) is 41.0 Å². The number of urea groups is 1. The first kappa shape index (κ1) is 20.4. The van der Waals surface area contributed by atoms with Gasteiger partial charge < -0.3 is 9.84 Å². The Kier molecular flexibility index (Phi) is 5.24. The van der Waals surface area contributed by atoms with Crippen molar-refractivity contribution < 1.29 is 13.7 Å². The molecule has 0 fully saturated rings. The zero-order valence-electron chi connectivity index (χ0n) is 16.8. The Morgan fingerprint density at radius 2 is 2.00 bits per heavy atom. The van der Waals surface area contributed by atoms with Crippen molar-refractivity contribution >= 4 is 40.2 Å². The summed E-state index contributed by atoms with van der Waals surface area (Å²) in [4.78, 5) is 20.1. The van der Waals surface area contributed by atoms with Crippen LogP contribution in [0.1, 0.15) is 24.4 Å². The normalized spacial score (nSPS) is 16.4. The van der Waals surface area contributed by atoms with E-state index in [1.165, 1.54) is 28.4 Å². The van der Waals surface area contributed by atoms with E-state index in [4.69, 9.17) is 16.1 Å². The highest BCUT2D eigenvalue weighted by molar-refractivity contribution is 7.13. The molecular weight excluding hydrogens is 451 g/mol. The molecule has 2 aromatic heterocycles. The van der Waals surface area contributed by atoms with Gasteiger partial charge in [0.05, 0.1) is 22.2 Å². The summed E-state index contributed by atoms with van der Waals surface area (Å²) in [5.41, 5.74) is 2.30. The van der Waals surface area contributed by atoms with Crippen LogP contribution in [-0.2, 0) is 0 Å². The minimum Gasteiger partial charge on any atom is -0.334 e. The van der Waals surface area contributed by atoms with Gasteiger partial charge in [0.2, 0.25) is 5.82 Å². The molecule has 0 aliphatic carbocycles. The predicted molar refractivity (Wildman–Crippen MR) is 122 cm³/mol. The first-order valence-electron chi connectivity index (χ1n) is 9.71. The Bertz CT molecular complexity index is 1340. The van der Waals surface area contributed by atoms with Crippen molar-refractivity contribution in [2.75, 3.05) is 4.90 Å². The summed E-state index contributed by atoms with van der Waals surface area (Å²) in [6.07, 6.45) is 0. The third-order valence-electron chi connectivity index (χ3n) is 5.13. The fraction of sp³-hybridized carbons (Fsp3) is 0.0870. The summed E-state index contributed by atoms with van der Waals surface area (Å²) in [6.45, 7) is 1.79. The van der Waals surface area contributed by atoms with E-state index < -0.39 is 11.9 Å². The van der Waals surface area contributed by atoms with Gasteiger partial charge >= 0.3 is 6.03 Å². The highest BCUT2D eigenvalue weighted by atomic mass is 35.5. The average molecular weight is 467 g/mol. The van der Waals surface area contributed by atoms with E-state index in [1.807, 2.05) is 17.5 Å². The molecule has 0 saturated carbocycles. The van der Waals surface area contributed by atoms with Gasteiger partial charge in [-0.15, -0.1) is 11.3 Å². The number of hydrogen-bond donors (Lipinski definition) is 1. The topological polar surface area (TPSA) is 71.3 Å². The molecule has 0 saturated heterocycles. The van der Waals surface area contributed by atoms with Crippen LogP contribution in [0, 0.1) is 5.82 Å². The van der Waals surface area contributed by atoms with E-state index in [1.54, 1.807) is 43.3 Å². The Morgan fingerprint density at radius 3 is 2.75 bits per heavy atom. The van der Waals surface area contributed by atoms with Gasteiger partial charge in [0.25, 0.3) is 5.89 Å². The Morgan fingerprint density at radius 1 is 1.16 bits per heavy atom. The number of rotatable bonds is 4. The van der Waals surface area contributed by atoms with Gasteiger partial charge in [-0.25, -0.2) is 9.18 Å². The number of aromatic nitrogens is 2. The van der Waals surface area contributed by atoms with Crippen LogP contribution in [0.25, 0.3) is 16.3 Å². The molecule has 2 amide bonds. The monoisotopic (exact) mass is 466 g/mol. The number of nitrogens with one attached hydrogen (secondary N) is 1. The lowest BCUT2D eigenvalue weighted by Gasteiger charge is -2.35. The molecular formula is C23H16ClFN4O2S. The van der Waals surface area contributed by atoms with Crippen LogP contribution in [0.3, 0.4) is 0 Å². The van der Waals surface area contributed by atoms with Crippen molar-refractivity contribution in [1.29, 1.82) is 0 Å². The number of thiophene rings is 1. The molecule has 5 rings (SSSR count). The maximum Gasteiger partial charge on any atom is 0.326 e. The maximum atomic E-state index is 14.0. The number of hydrogen-bond acceptors (Lipinski definition) is 5. The van der Waals surface area contributed by atoms with E-state index in [0.29, 0.717) is 33.4 Å². The molecule has 9 heteroatoms. The van der Waals surface area contributed by atoms with E-state index in [2.05, 4.69) is 15.5 Å². The molecule has 1 unspecified atom stereocenters. The van der Waals surface area contributed by atoms with Gasteiger partial charge in [0.15, 0.2) is 0 Å². The lowest BCUT2D eigenvalue weighted by Crippen LogP contribution is -2.46. The smallest absolute Gasteiger partial charge is 0.326 e. The molecule has 0 spiro atoms. The molecule has 6 nitrogen and oxygen atoms in total. The van der Waals surface area contributed by atoms with Crippen LogP contribution >= 0.6 is 22.9 Å². The van der Waals surface area contributed by atoms with Crippen molar-refractivity contribution in [2.24, 2.45) is 0 Å². The van der Waals surface area contributed by atoms with Crippen LogP contribution in [0.4, 0.5) is 14.9 Å². The lowest BCUT2D eigenvalue weighted by atomic mass is 9.94. The van der Waals surface area contributed by atoms with Gasteiger partial charge in [-0.2, -0.15) is 4.98 Å². The number of allylic oxidation sites excluding steroid dienone is 1. The van der Waals surface area contributed by atoms with E-state index in [9.17, 15) is 9.18 Å². The SMILES string of the molecule is CC1=C(c2nc(-c3cccs3)no2)C(c2cccc(F)c2)NC(=O)N1c1cccc(Cl)c1. The predicted octanol–water partition coefficient (Wildman–Crippen LogP) is 6.29. The minimum atomic E-state index is -0.676. The first-order chi connectivity index (χ1) is 15.5. The maximum absolute atomic E-state index is 14.0. The lowest BCUT2D eigenvalue weighted by molar-refractivity contribution is 0.244. The summed E-state index contributed by atoms with van der Waals surface area (Å²) in [5, 5.41) is 9.47. The molecule has 3 heterocycles. The van der Waals surface area contributed by atoms with Crippen molar-refractivity contribution in [3.05, 3.63) is 94.0 Å². The molecule has 0 radical (unpaired) electrons. The third kappa shape index (κ3) is 3.68. The highest BCUT2D eigenvalue weighted by Crippen LogP contribution is 2.39. The van der Waals surface area contributed by atoms with Gasteiger partial charge in [0, 0.05) is 10.7 Å². The molecule has 1 atom stereocenters.